The summed E-state index contributed by atoms with van der Waals surface area (Å²) in [5.74, 6) is -0.294. The van der Waals surface area contributed by atoms with Crippen LogP contribution >= 0.6 is 0 Å². The normalized spacial score (nSPS) is 18.2. The van der Waals surface area contributed by atoms with Crippen LogP contribution in [0, 0.1) is 28.1 Å². The molecule has 4 heteroatoms. The number of hydrogen-bond acceptors (Lipinski definition) is 3. The Hall–Kier alpha value is -1.55. The van der Waals surface area contributed by atoms with E-state index in [-0.39, 0.29) is 12.5 Å². The van der Waals surface area contributed by atoms with Gasteiger partial charge in [0, 0.05) is 0 Å². The Morgan fingerprint density at radius 2 is 2.17 bits per heavy atom. The Kier molecular flexibility index (Phi) is 2.30. The van der Waals surface area contributed by atoms with Crippen molar-refractivity contribution in [1.29, 1.82) is 10.5 Å². The van der Waals surface area contributed by atoms with Gasteiger partial charge in [0.25, 0.3) is 0 Å². The van der Waals surface area contributed by atoms with Gasteiger partial charge in [-0.05, 0) is 19.3 Å². The first-order valence-corrected chi connectivity index (χ1v) is 3.82. The molecule has 4 nitrogen and oxygen atoms in total. The van der Waals surface area contributed by atoms with Crippen LogP contribution in [-0.4, -0.2) is 12.5 Å². The summed E-state index contributed by atoms with van der Waals surface area (Å²) < 4.78 is 0. The summed E-state index contributed by atoms with van der Waals surface area (Å²) in [6.07, 6.45) is 2.18. The highest BCUT2D eigenvalue weighted by molar-refractivity contribution is 5.86. The molecule has 0 spiro atoms. The minimum absolute atomic E-state index is 0.0116. The second kappa shape index (κ2) is 3.23. The molecule has 0 aromatic rings. The number of amides is 1. The lowest BCUT2D eigenvalue weighted by Crippen LogP contribution is -2.44. The molecule has 1 fully saturated rings. The van der Waals surface area contributed by atoms with E-state index < -0.39 is 5.41 Å². The molecule has 62 valence electrons. The second-order valence-corrected chi connectivity index (χ2v) is 2.89. The van der Waals surface area contributed by atoms with Gasteiger partial charge in [-0.1, -0.05) is 0 Å². The molecule has 0 unspecified atom stereocenters. The smallest absolute Gasteiger partial charge is 0.241 e. The van der Waals surface area contributed by atoms with Gasteiger partial charge in [-0.3, -0.25) is 4.79 Å². The van der Waals surface area contributed by atoms with E-state index in [9.17, 15) is 4.79 Å². The maximum Gasteiger partial charge on any atom is 0.241 e. The van der Waals surface area contributed by atoms with Crippen LogP contribution in [0.5, 0.6) is 0 Å². The van der Waals surface area contributed by atoms with Crippen molar-refractivity contribution in [2.45, 2.75) is 19.3 Å². The van der Waals surface area contributed by atoms with Gasteiger partial charge in [-0.15, -0.1) is 0 Å². The van der Waals surface area contributed by atoms with Gasteiger partial charge in [0.2, 0.25) is 5.91 Å². The lowest BCUT2D eigenvalue weighted by molar-refractivity contribution is -0.131. The van der Waals surface area contributed by atoms with E-state index in [4.69, 9.17) is 10.5 Å². The molecule has 1 N–H and O–H groups in total. The molecule has 0 aliphatic heterocycles. The molecule has 0 saturated heterocycles. The van der Waals surface area contributed by atoms with E-state index in [0.717, 1.165) is 6.42 Å². The van der Waals surface area contributed by atoms with E-state index in [1.807, 2.05) is 6.07 Å². The molecule has 1 aliphatic carbocycles. The summed E-state index contributed by atoms with van der Waals surface area (Å²) in [7, 11) is 0. The fraction of sp³-hybridized carbons (Fsp3) is 0.625. The van der Waals surface area contributed by atoms with Crippen molar-refractivity contribution in [3.8, 4) is 12.1 Å². The number of nitrogens with one attached hydrogen (secondary N) is 1. The van der Waals surface area contributed by atoms with Crippen molar-refractivity contribution < 1.29 is 4.79 Å². The fourth-order valence-electron chi connectivity index (χ4n) is 1.21. The van der Waals surface area contributed by atoms with Crippen molar-refractivity contribution in [1.82, 2.24) is 5.32 Å². The summed E-state index contributed by atoms with van der Waals surface area (Å²) in [6, 6.07) is 3.80. The minimum atomic E-state index is -0.823. The average Bonchev–Trinajstić information content (AvgIpc) is 2.00. The van der Waals surface area contributed by atoms with E-state index in [2.05, 4.69) is 5.32 Å². The molecular weight excluding hydrogens is 154 g/mol. The van der Waals surface area contributed by atoms with Gasteiger partial charge in [0.15, 0.2) is 0 Å². The maximum absolute atomic E-state index is 11.3. The average molecular weight is 163 g/mol. The summed E-state index contributed by atoms with van der Waals surface area (Å²) in [4.78, 5) is 11.3. The number of nitriles is 2. The van der Waals surface area contributed by atoms with Crippen molar-refractivity contribution in [2.24, 2.45) is 5.41 Å². The standard InChI is InChI=1S/C8H9N3O/c9-4-5-11-7(12)8(6-10)2-1-3-8/h1-3,5H2,(H,11,12). The van der Waals surface area contributed by atoms with E-state index >= 15 is 0 Å². The molecule has 0 bridgehead atoms. The van der Waals surface area contributed by atoms with Crippen LogP contribution in [0.1, 0.15) is 19.3 Å². The SMILES string of the molecule is N#CCNC(=O)C1(C#N)CCC1. The Labute approximate surface area is 70.8 Å². The Balaban J connectivity index is 2.52. The van der Waals surface area contributed by atoms with Crippen molar-refractivity contribution in [3.05, 3.63) is 0 Å². The zero-order valence-corrected chi connectivity index (χ0v) is 6.63. The Morgan fingerprint density at radius 1 is 1.50 bits per heavy atom. The van der Waals surface area contributed by atoms with Crippen LogP contribution in [0.15, 0.2) is 0 Å². The molecular formula is C8H9N3O. The van der Waals surface area contributed by atoms with Gasteiger partial charge in [-0.25, -0.2) is 0 Å². The number of carbonyl (C=O) groups excluding carboxylic acids is 1. The zero-order valence-electron chi connectivity index (χ0n) is 6.63. The lowest BCUT2D eigenvalue weighted by Gasteiger charge is -2.32. The lowest BCUT2D eigenvalue weighted by atomic mass is 9.69. The molecule has 1 saturated carbocycles. The molecule has 0 aromatic heterocycles. The Bertz CT molecular complexity index is 267. The molecule has 1 amide bonds. The predicted molar refractivity (Wildman–Crippen MR) is 40.5 cm³/mol. The third-order valence-electron chi connectivity index (χ3n) is 2.18. The summed E-state index contributed by atoms with van der Waals surface area (Å²) in [6.45, 7) is -0.0116. The number of nitrogens with zero attached hydrogens (tertiary/aromatic N) is 2. The third kappa shape index (κ3) is 1.24. The van der Waals surface area contributed by atoms with Gasteiger partial charge in [-0.2, -0.15) is 10.5 Å². The molecule has 1 aliphatic rings. The molecule has 0 aromatic carbocycles. The van der Waals surface area contributed by atoms with Gasteiger partial charge >= 0.3 is 0 Å². The zero-order chi connectivity index (χ0) is 9.03. The van der Waals surface area contributed by atoms with E-state index in [1.165, 1.54) is 0 Å². The highest BCUT2D eigenvalue weighted by atomic mass is 16.2. The van der Waals surface area contributed by atoms with E-state index in [0.29, 0.717) is 12.8 Å². The molecule has 0 atom stereocenters. The molecule has 12 heavy (non-hydrogen) atoms. The van der Waals surface area contributed by atoms with Crippen LogP contribution in [0.4, 0.5) is 0 Å². The van der Waals surface area contributed by atoms with Crippen molar-refractivity contribution in [3.63, 3.8) is 0 Å². The number of hydrogen-bond donors (Lipinski definition) is 1. The quantitative estimate of drug-likeness (QED) is 0.595. The maximum atomic E-state index is 11.3. The predicted octanol–water partition coefficient (Wildman–Crippen LogP) is 0.320. The largest absolute Gasteiger partial charge is 0.342 e. The molecule has 0 heterocycles. The van der Waals surface area contributed by atoms with Crippen LogP contribution in [-0.2, 0) is 4.79 Å². The van der Waals surface area contributed by atoms with Crippen LogP contribution in [0.2, 0.25) is 0 Å². The molecule has 0 radical (unpaired) electrons. The van der Waals surface area contributed by atoms with Crippen LogP contribution in [0.25, 0.3) is 0 Å². The van der Waals surface area contributed by atoms with Gasteiger partial charge < -0.3 is 5.32 Å². The number of rotatable bonds is 2. The fourth-order valence-corrected chi connectivity index (χ4v) is 1.21. The van der Waals surface area contributed by atoms with Crippen LogP contribution in [0.3, 0.4) is 0 Å². The number of carbonyl (C=O) groups is 1. The molecule has 1 rings (SSSR count). The highest BCUT2D eigenvalue weighted by Gasteiger charge is 2.44. The van der Waals surface area contributed by atoms with E-state index in [1.54, 1.807) is 6.07 Å². The minimum Gasteiger partial charge on any atom is -0.342 e. The van der Waals surface area contributed by atoms with Crippen LogP contribution < -0.4 is 5.32 Å². The van der Waals surface area contributed by atoms with Crippen molar-refractivity contribution in [2.75, 3.05) is 6.54 Å². The first kappa shape index (κ1) is 8.55. The first-order chi connectivity index (χ1) is 5.75. The van der Waals surface area contributed by atoms with Gasteiger partial charge in [0.05, 0.1) is 12.1 Å². The third-order valence-corrected chi connectivity index (χ3v) is 2.18. The highest BCUT2D eigenvalue weighted by Crippen LogP contribution is 2.40. The van der Waals surface area contributed by atoms with Gasteiger partial charge in [0.1, 0.15) is 12.0 Å². The second-order valence-electron chi connectivity index (χ2n) is 2.89. The summed E-state index contributed by atoms with van der Waals surface area (Å²) in [5.41, 5.74) is -0.823. The van der Waals surface area contributed by atoms with Crippen molar-refractivity contribution >= 4 is 5.91 Å². The monoisotopic (exact) mass is 163 g/mol. The Morgan fingerprint density at radius 3 is 2.50 bits per heavy atom. The first-order valence-electron chi connectivity index (χ1n) is 3.82. The summed E-state index contributed by atoms with van der Waals surface area (Å²) in [5, 5.41) is 19.3. The topological polar surface area (TPSA) is 76.7 Å². The summed E-state index contributed by atoms with van der Waals surface area (Å²) >= 11 is 0.